The maximum atomic E-state index is 13.3. The molecule has 1 unspecified atom stereocenters. The zero-order valence-electron chi connectivity index (χ0n) is 18.4. The Morgan fingerprint density at radius 3 is 2.28 bits per heavy atom. The Morgan fingerprint density at radius 1 is 0.889 bits per heavy atom. The molecular formula is C27H17F3N2O4. The van der Waals surface area contributed by atoms with E-state index in [0.29, 0.717) is 16.6 Å². The molecule has 0 bridgehead atoms. The van der Waals surface area contributed by atoms with Crippen molar-refractivity contribution in [1.82, 2.24) is 4.98 Å². The molecule has 1 N–H and O–H groups in total. The van der Waals surface area contributed by atoms with Crippen molar-refractivity contribution in [3.63, 3.8) is 0 Å². The predicted octanol–water partition coefficient (Wildman–Crippen LogP) is 5.76. The van der Waals surface area contributed by atoms with Gasteiger partial charge in [-0.3, -0.25) is 19.5 Å². The van der Waals surface area contributed by atoms with Crippen LogP contribution >= 0.6 is 0 Å². The molecule has 6 nitrogen and oxygen atoms in total. The van der Waals surface area contributed by atoms with Crippen LogP contribution < -0.4 is 9.64 Å². The molecule has 0 aliphatic carbocycles. The van der Waals surface area contributed by atoms with Crippen LogP contribution in [0.3, 0.4) is 0 Å². The first-order chi connectivity index (χ1) is 17.2. The van der Waals surface area contributed by atoms with E-state index in [4.69, 9.17) is 0 Å². The Kier molecular flexibility index (Phi) is 5.68. The number of ketones is 1. The molecule has 180 valence electrons. The Balaban J connectivity index is 1.67. The third-order valence-electron chi connectivity index (χ3n) is 5.81. The second-order valence-corrected chi connectivity index (χ2v) is 7.99. The number of carbonyl (C=O) groups is 2. The van der Waals surface area contributed by atoms with Crippen molar-refractivity contribution < 1.29 is 32.6 Å². The number of aliphatic hydroxyl groups is 1. The Bertz CT molecular complexity index is 1490. The molecule has 4 aromatic rings. The lowest BCUT2D eigenvalue weighted by molar-refractivity contribution is -0.274. The van der Waals surface area contributed by atoms with Crippen molar-refractivity contribution in [3.8, 4) is 5.75 Å². The minimum absolute atomic E-state index is 0.138. The largest absolute Gasteiger partial charge is 0.573 e. The van der Waals surface area contributed by atoms with E-state index in [2.05, 4.69) is 9.72 Å². The molecule has 2 heterocycles. The molecule has 1 aliphatic rings. The van der Waals surface area contributed by atoms with Gasteiger partial charge in [0, 0.05) is 17.4 Å². The van der Waals surface area contributed by atoms with Crippen LogP contribution in [-0.4, -0.2) is 28.1 Å². The monoisotopic (exact) mass is 490 g/mol. The number of aromatic nitrogens is 1. The van der Waals surface area contributed by atoms with Crippen molar-refractivity contribution in [3.05, 3.63) is 108 Å². The van der Waals surface area contributed by atoms with Gasteiger partial charge >= 0.3 is 6.36 Å². The van der Waals surface area contributed by atoms with Crippen LogP contribution in [0.2, 0.25) is 0 Å². The highest BCUT2D eigenvalue weighted by Crippen LogP contribution is 2.42. The molecule has 1 fully saturated rings. The number of fused-ring (bicyclic) bond motifs is 1. The fourth-order valence-corrected chi connectivity index (χ4v) is 4.30. The molecule has 3 aromatic carbocycles. The fourth-order valence-electron chi connectivity index (χ4n) is 4.30. The summed E-state index contributed by atoms with van der Waals surface area (Å²) >= 11 is 0. The van der Waals surface area contributed by atoms with E-state index in [0.717, 1.165) is 22.4 Å². The predicted molar refractivity (Wildman–Crippen MR) is 126 cm³/mol. The first kappa shape index (κ1) is 23.1. The fraction of sp³-hybridized carbons (Fsp3) is 0.0741. The number of anilines is 1. The van der Waals surface area contributed by atoms with Crippen LogP contribution in [0.25, 0.3) is 16.5 Å². The van der Waals surface area contributed by atoms with Crippen LogP contribution in [0.4, 0.5) is 18.9 Å². The van der Waals surface area contributed by atoms with Crippen molar-refractivity contribution in [2.24, 2.45) is 0 Å². The van der Waals surface area contributed by atoms with Gasteiger partial charge < -0.3 is 9.84 Å². The number of ether oxygens (including phenoxy) is 1. The summed E-state index contributed by atoms with van der Waals surface area (Å²) in [4.78, 5) is 31.9. The highest BCUT2D eigenvalue weighted by Gasteiger charge is 2.47. The molecule has 1 aliphatic heterocycles. The summed E-state index contributed by atoms with van der Waals surface area (Å²) in [5.74, 6) is -2.74. The first-order valence-electron chi connectivity index (χ1n) is 10.8. The molecule has 1 saturated heterocycles. The molecule has 36 heavy (non-hydrogen) atoms. The lowest BCUT2D eigenvalue weighted by Crippen LogP contribution is -2.29. The highest BCUT2D eigenvalue weighted by atomic mass is 19.4. The quantitative estimate of drug-likeness (QED) is 0.224. The molecule has 1 aromatic heterocycles. The Labute approximate surface area is 202 Å². The number of alkyl halides is 3. The summed E-state index contributed by atoms with van der Waals surface area (Å²) in [6, 6.07) is 20.9. The van der Waals surface area contributed by atoms with Gasteiger partial charge in [-0.05, 0) is 47.2 Å². The third-order valence-corrected chi connectivity index (χ3v) is 5.81. The molecule has 0 spiro atoms. The number of benzene rings is 3. The Morgan fingerprint density at radius 2 is 1.58 bits per heavy atom. The zero-order valence-corrected chi connectivity index (χ0v) is 18.4. The second kappa shape index (κ2) is 8.84. The molecular weight excluding hydrogens is 473 g/mol. The molecule has 0 radical (unpaired) electrons. The smallest absolute Gasteiger partial charge is 0.507 e. The summed E-state index contributed by atoms with van der Waals surface area (Å²) < 4.78 is 41.6. The molecule has 5 rings (SSSR count). The lowest BCUT2D eigenvalue weighted by Gasteiger charge is -2.25. The van der Waals surface area contributed by atoms with E-state index < -0.39 is 29.8 Å². The summed E-state index contributed by atoms with van der Waals surface area (Å²) in [5.41, 5.74) is 0.625. The van der Waals surface area contributed by atoms with Crippen molar-refractivity contribution >= 4 is 33.9 Å². The summed E-state index contributed by atoms with van der Waals surface area (Å²) in [7, 11) is 0. The number of nitrogens with zero attached hydrogens (tertiary/aromatic N) is 2. The maximum absolute atomic E-state index is 13.3. The second-order valence-electron chi connectivity index (χ2n) is 7.99. The normalized spacial score (nSPS) is 17.5. The van der Waals surface area contributed by atoms with E-state index in [1.54, 1.807) is 42.5 Å². The van der Waals surface area contributed by atoms with Crippen LogP contribution in [-0.2, 0) is 9.59 Å². The highest BCUT2D eigenvalue weighted by molar-refractivity contribution is 6.51. The topological polar surface area (TPSA) is 79.7 Å². The number of carbonyl (C=O) groups excluding carboxylic acids is 2. The van der Waals surface area contributed by atoms with Gasteiger partial charge in [0.25, 0.3) is 11.7 Å². The van der Waals surface area contributed by atoms with E-state index >= 15 is 0 Å². The van der Waals surface area contributed by atoms with Gasteiger partial charge in [0.1, 0.15) is 17.6 Å². The van der Waals surface area contributed by atoms with Gasteiger partial charge in [0.15, 0.2) is 0 Å². The lowest BCUT2D eigenvalue weighted by atomic mass is 9.95. The van der Waals surface area contributed by atoms with Crippen LogP contribution in [0, 0.1) is 0 Å². The number of hydrogen-bond acceptors (Lipinski definition) is 5. The average molecular weight is 490 g/mol. The first-order valence-corrected chi connectivity index (χ1v) is 10.8. The summed E-state index contributed by atoms with van der Waals surface area (Å²) in [6.45, 7) is 0. The average Bonchev–Trinajstić information content (AvgIpc) is 3.13. The van der Waals surface area contributed by atoms with Crippen LogP contribution in [0.15, 0.2) is 96.7 Å². The third kappa shape index (κ3) is 4.15. The number of pyridine rings is 1. The minimum Gasteiger partial charge on any atom is -0.507 e. The minimum atomic E-state index is -4.88. The maximum Gasteiger partial charge on any atom is 0.573 e. The van der Waals surface area contributed by atoms with Gasteiger partial charge in [0.2, 0.25) is 0 Å². The van der Waals surface area contributed by atoms with Crippen molar-refractivity contribution in [1.29, 1.82) is 0 Å². The number of amides is 1. The van der Waals surface area contributed by atoms with E-state index in [-0.39, 0.29) is 17.0 Å². The van der Waals surface area contributed by atoms with Gasteiger partial charge in [-0.25, -0.2) is 0 Å². The zero-order chi connectivity index (χ0) is 25.4. The van der Waals surface area contributed by atoms with Gasteiger partial charge in [-0.15, -0.1) is 13.2 Å². The molecule has 1 amide bonds. The van der Waals surface area contributed by atoms with Crippen LogP contribution in [0.1, 0.15) is 17.3 Å². The van der Waals surface area contributed by atoms with Crippen molar-refractivity contribution in [2.75, 3.05) is 4.90 Å². The van der Waals surface area contributed by atoms with Gasteiger partial charge in [0.05, 0.1) is 11.3 Å². The SMILES string of the molecule is O=C1C(=O)N(c2ccc(OC(F)(F)F)cc2)C(c2ccccn2)/C1=C(/O)c1cccc2ccccc12. The summed E-state index contributed by atoms with van der Waals surface area (Å²) in [6.07, 6.45) is -3.40. The summed E-state index contributed by atoms with van der Waals surface area (Å²) in [5, 5.41) is 12.9. The standard InChI is InChI=1S/C27H17F3N2O4/c28-27(29,30)36-18-13-11-17(12-14-18)32-23(21-10-3-4-15-31-21)22(25(34)26(32)35)24(33)20-9-5-7-16-6-1-2-8-19(16)20/h1-15,23,33H/b24-22-. The molecule has 9 heteroatoms. The van der Waals surface area contributed by atoms with Crippen molar-refractivity contribution in [2.45, 2.75) is 12.4 Å². The van der Waals surface area contributed by atoms with E-state index in [1.165, 1.54) is 18.3 Å². The molecule has 1 atom stereocenters. The number of aliphatic hydroxyl groups excluding tert-OH is 1. The van der Waals surface area contributed by atoms with Crippen LogP contribution in [0.5, 0.6) is 5.75 Å². The van der Waals surface area contributed by atoms with Gasteiger partial charge in [-0.2, -0.15) is 0 Å². The molecule has 0 saturated carbocycles. The van der Waals surface area contributed by atoms with Gasteiger partial charge in [-0.1, -0.05) is 48.5 Å². The van der Waals surface area contributed by atoms with E-state index in [9.17, 15) is 27.9 Å². The van der Waals surface area contributed by atoms with E-state index in [1.807, 2.05) is 18.2 Å². The number of halogens is 3. The number of hydrogen-bond donors (Lipinski definition) is 1. The number of rotatable bonds is 4. The number of Topliss-reactive ketones (excluding diaryl/α,β-unsaturated/α-hetero) is 1. The Hall–Kier alpha value is -4.66.